The maximum Gasteiger partial charge on any atom is 0.326 e. The molecule has 9 N–H and O–H groups in total. The molecule has 4 atom stereocenters. The Morgan fingerprint density at radius 1 is 0.867 bits per heavy atom. The Balaban J connectivity index is 5.18. The number of rotatable bonds is 14. The average Bonchev–Trinajstić information content (AvgIpc) is 2.66. The predicted molar refractivity (Wildman–Crippen MR) is 106 cm³/mol. The highest BCUT2D eigenvalue weighted by Crippen LogP contribution is 2.03. The molecule has 0 spiro atoms. The molecule has 30 heavy (non-hydrogen) atoms. The van der Waals surface area contributed by atoms with Gasteiger partial charge in [0, 0.05) is 18.6 Å². The molecular formula is C16H27N5O8S. The average molecular weight is 449 g/mol. The van der Waals surface area contributed by atoms with Crippen LogP contribution in [0.5, 0.6) is 0 Å². The van der Waals surface area contributed by atoms with E-state index in [1.165, 1.54) is 6.92 Å². The van der Waals surface area contributed by atoms with Crippen molar-refractivity contribution in [2.24, 2.45) is 11.5 Å². The maximum atomic E-state index is 12.4. The van der Waals surface area contributed by atoms with Crippen molar-refractivity contribution in [2.75, 3.05) is 5.75 Å². The van der Waals surface area contributed by atoms with Gasteiger partial charge in [0.05, 0.1) is 6.04 Å². The molecule has 0 aromatic heterocycles. The summed E-state index contributed by atoms with van der Waals surface area (Å²) in [4.78, 5) is 69.4. The van der Waals surface area contributed by atoms with Crippen LogP contribution >= 0.6 is 12.6 Å². The first-order valence-corrected chi connectivity index (χ1v) is 9.52. The lowest BCUT2D eigenvalue weighted by molar-refractivity contribution is -0.143. The number of carbonyl (C=O) groups excluding carboxylic acids is 4. The predicted octanol–water partition coefficient (Wildman–Crippen LogP) is -3.07. The van der Waals surface area contributed by atoms with Crippen molar-refractivity contribution in [1.29, 1.82) is 0 Å². The fourth-order valence-corrected chi connectivity index (χ4v) is 2.28. The molecule has 0 aliphatic rings. The number of aliphatic carboxylic acids is 2. The van der Waals surface area contributed by atoms with Gasteiger partial charge in [0.15, 0.2) is 0 Å². The van der Waals surface area contributed by atoms with Crippen molar-refractivity contribution in [1.82, 2.24) is 16.0 Å². The zero-order valence-corrected chi connectivity index (χ0v) is 17.2. The van der Waals surface area contributed by atoms with E-state index < -0.39 is 66.2 Å². The number of nitrogens with two attached hydrogens (primary N) is 2. The lowest BCUT2D eigenvalue weighted by Crippen LogP contribution is -2.56. The molecule has 0 radical (unpaired) electrons. The first kappa shape index (κ1) is 27.1. The van der Waals surface area contributed by atoms with Crippen molar-refractivity contribution in [3.05, 3.63) is 0 Å². The number of nitrogens with one attached hydrogen (secondary N) is 3. The summed E-state index contributed by atoms with van der Waals surface area (Å²) in [7, 11) is 0. The van der Waals surface area contributed by atoms with Gasteiger partial charge in [-0.05, 0) is 19.8 Å². The Morgan fingerprint density at radius 3 is 1.87 bits per heavy atom. The number of carbonyl (C=O) groups is 6. The summed E-state index contributed by atoms with van der Waals surface area (Å²) in [6.07, 6.45) is -1.43. The molecule has 0 aromatic carbocycles. The van der Waals surface area contributed by atoms with Gasteiger partial charge < -0.3 is 37.6 Å². The normalized spacial score (nSPS) is 14.5. The summed E-state index contributed by atoms with van der Waals surface area (Å²) in [6.45, 7) is 1.32. The molecule has 0 aliphatic carbocycles. The van der Waals surface area contributed by atoms with Crippen LogP contribution in [-0.2, 0) is 28.8 Å². The molecule has 0 saturated carbocycles. The van der Waals surface area contributed by atoms with Gasteiger partial charge in [0.2, 0.25) is 23.6 Å². The SMILES string of the molecule is CC(NC(=O)C(N)CS)C(=O)NC(CCC(=O)O)C(=O)NC(CCC(N)=O)C(=O)O. The fourth-order valence-electron chi connectivity index (χ4n) is 2.12. The first-order valence-electron chi connectivity index (χ1n) is 8.89. The van der Waals surface area contributed by atoms with Gasteiger partial charge in [-0.3, -0.25) is 24.0 Å². The number of hydrogen-bond acceptors (Lipinski definition) is 8. The Labute approximate surface area is 177 Å². The topological polar surface area (TPSA) is 231 Å². The van der Waals surface area contributed by atoms with Gasteiger partial charge in [-0.25, -0.2) is 4.79 Å². The van der Waals surface area contributed by atoms with Crippen molar-refractivity contribution < 1.29 is 39.0 Å². The van der Waals surface area contributed by atoms with Crippen LogP contribution in [0.2, 0.25) is 0 Å². The maximum absolute atomic E-state index is 12.4. The number of primary amides is 1. The molecule has 0 saturated heterocycles. The highest BCUT2D eigenvalue weighted by molar-refractivity contribution is 7.80. The minimum atomic E-state index is -1.47. The molecule has 0 rings (SSSR count). The summed E-state index contributed by atoms with van der Waals surface area (Å²) in [5.74, 6) is -5.85. The van der Waals surface area contributed by atoms with Crippen LogP contribution in [0.1, 0.15) is 32.6 Å². The van der Waals surface area contributed by atoms with Crippen LogP contribution in [-0.4, -0.2) is 75.7 Å². The van der Waals surface area contributed by atoms with Crippen LogP contribution in [0.15, 0.2) is 0 Å². The number of carboxylic acids is 2. The Morgan fingerprint density at radius 2 is 1.40 bits per heavy atom. The van der Waals surface area contributed by atoms with E-state index in [9.17, 15) is 28.8 Å². The molecular weight excluding hydrogens is 422 g/mol. The molecule has 0 aliphatic heterocycles. The van der Waals surface area contributed by atoms with E-state index in [1.807, 2.05) is 0 Å². The summed E-state index contributed by atoms with van der Waals surface area (Å²) in [6, 6.07) is -4.95. The minimum Gasteiger partial charge on any atom is -0.481 e. The summed E-state index contributed by atoms with van der Waals surface area (Å²) < 4.78 is 0. The van der Waals surface area contributed by atoms with Gasteiger partial charge in [0.25, 0.3) is 0 Å². The van der Waals surface area contributed by atoms with Gasteiger partial charge in [0.1, 0.15) is 18.1 Å². The summed E-state index contributed by atoms with van der Waals surface area (Å²) >= 11 is 3.86. The number of carboxylic acid groups (broad SMARTS) is 2. The van der Waals surface area contributed by atoms with Crippen LogP contribution < -0.4 is 27.4 Å². The first-order chi connectivity index (χ1) is 13.9. The lowest BCUT2D eigenvalue weighted by Gasteiger charge is -2.23. The van der Waals surface area contributed by atoms with E-state index in [0.717, 1.165) is 0 Å². The van der Waals surface area contributed by atoms with Crippen molar-refractivity contribution in [3.63, 3.8) is 0 Å². The smallest absolute Gasteiger partial charge is 0.326 e. The van der Waals surface area contributed by atoms with Gasteiger partial charge in [-0.2, -0.15) is 12.6 Å². The summed E-state index contributed by atoms with van der Waals surface area (Å²) in [5.41, 5.74) is 10.5. The molecule has 13 nitrogen and oxygen atoms in total. The second-order valence-corrected chi connectivity index (χ2v) is 6.78. The van der Waals surface area contributed by atoms with E-state index in [1.54, 1.807) is 0 Å². The Kier molecular flexibility index (Phi) is 12.1. The summed E-state index contributed by atoms with van der Waals surface area (Å²) in [5, 5.41) is 24.7. The van der Waals surface area contributed by atoms with Crippen molar-refractivity contribution in [2.45, 2.75) is 56.8 Å². The molecule has 0 heterocycles. The Bertz CT molecular complexity index is 674. The third kappa shape index (κ3) is 10.6. The molecule has 170 valence electrons. The van der Waals surface area contributed by atoms with E-state index in [-0.39, 0.29) is 25.0 Å². The molecule has 0 bridgehead atoms. The molecule has 0 aromatic rings. The number of amides is 4. The number of thiol groups is 1. The quantitative estimate of drug-likeness (QED) is 0.126. The van der Waals surface area contributed by atoms with E-state index in [0.29, 0.717) is 0 Å². The standard InChI is InChI=1S/C16H27N5O8S/c1-7(19-14(26)8(17)6-30)13(25)20-9(3-5-12(23)24)15(27)21-10(16(28)29)2-4-11(18)22/h7-10,30H,2-6,17H2,1H3,(H2,18,22)(H,19,26)(H,20,25)(H,21,27)(H,23,24)(H,28,29). The van der Waals surface area contributed by atoms with E-state index in [4.69, 9.17) is 21.7 Å². The van der Waals surface area contributed by atoms with E-state index >= 15 is 0 Å². The largest absolute Gasteiger partial charge is 0.481 e. The molecule has 0 fully saturated rings. The lowest BCUT2D eigenvalue weighted by atomic mass is 10.1. The Hall–Kier alpha value is -2.87. The number of hydrogen-bond donors (Lipinski definition) is 8. The van der Waals surface area contributed by atoms with Gasteiger partial charge >= 0.3 is 11.9 Å². The zero-order valence-electron chi connectivity index (χ0n) is 16.3. The second-order valence-electron chi connectivity index (χ2n) is 6.42. The van der Waals surface area contributed by atoms with Crippen LogP contribution in [0.25, 0.3) is 0 Å². The third-order valence-corrected chi connectivity index (χ3v) is 4.25. The minimum absolute atomic E-state index is 0.0334. The van der Waals surface area contributed by atoms with Crippen LogP contribution in [0, 0.1) is 0 Å². The van der Waals surface area contributed by atoms with Crippen molar-refractivity contribution >= 4 is 48.2 Å². The van der Waals surface area contributed by atoms with Gasteiger partial charge in [-0.1, -0.05) is 0 Å². The monoisotopic (exact) mass is 449 g/mol. The second kappa shape index (κ2) is 13.4. The van der Waals surface area contributed by atoms with Gasteiger partial charge in [-0.15, -0.1) is 0 Å². The molecule has 14 heteroatoms. The zero-order chi connectivity index (χ0) is 23.4. The third-order valence-electron chi connectivity index (χ3n) is 3.86. The van der Waals surface area contributed by atoms with Crippen LogP contribution in [0.4, 0.5) is 0 Å². The van der Waals surface area contributed by atoms with Crippen molar-refractivity contribution in [3.8, 4) is 0 Å². The molecule has 4 amide bonds. The highest BCUT2D eigenvalue weighted by atomic mass is 32.1. The van der Waals surface area contributed by atoms with Crippen LogP contribution in [0.3, 0.4) is 0 Å². The molecule has 4 unspecified atom stereocenters. The fraction of sp³-hybridized carbons (Fsp3) is 0.625. The highest BCUT2D eigenvalue weighted by Gasteiger charge is 2.29. The van der Waals surface area contributed by atoms with E-state index in [2.05, 4.69) is 28.6 Å².